The van der Waals surface area contributed by atoms with Gasteiger partial charge in [-0.25, -0.2) is 13.2 Å². The molecule has 1 aromatic rings. The van der Waals surface area contributed by atoms with Crippen LogP contribution in [-0.4, -0.2) is 31.8 Å². The number of hydrogen-bond acceptors (Lipinski definition) is 4. The van der Waals surface area contributed by atoms with Crippen molar-refractivity contribution in [2.75, 3.05) is 11.6 Å². The fourth-order valence-corrected chi connectivity index (χ4v) is 1.95. The smallest absolute Gasteiger partial charge is 0.327 e. The van der Waals surface area contributed by atoms with Gasteiger partial charge in [-0.05, 0) is 24.3 Å². The number of sulfone groups is 1. The molecule has 0 fully saturated rings. The molecule has 0 saturated carbocycles. The summed E-state index contributed by atoms with van der Waals surface area (Å²) in [6.45, 7) is 0. The van der Waals surface area contributed by atoms with Crippen LogP contribution in [0.25, 0.3) is 0 Å². The van der Waals surface area contributed by atoms with Crippen molar-refractivity contribution in [1.29, 1.82) is 0 Å². The summed E-state index contributed by atoms with van der Waals surface area (Å²) in [5.41, 5.74) is 0.505. The summed E-state index contributed by atoms with van der Waals surface area (Å²) in [4.78, 5) is 11.0. The van der Waals surface area contributed by atoms with Crippen molar-refractivity contribution in [2.45, 2.75) is 17.4 Å². The first-order valence-electron chi connectivity index (χ1n) is 5.07. The maximum absolute atomic E-state index is 11.2. The number of nitrogens with one attached hydrogen (secondary N) is 1. The van der Waals surface area contributed by atoms with Crippen LogP contribution in [-0.2, 0) is 14.6 Å². The predicted octanol–water partition coefficient (Wildman–Crippen LogP) is 0.979. The van der Waals surface area contributed by atoms with E-state index in [0.717, 1.165) is 6.26 Å². The molecule has 0 aliphatic carbocycles. The van der Waals surface area contributed by atoms with Gasteiger partial charge in [-0.2, -0.15) is 0 Å². The Hall–Kier alpha value is -2.00. The lowest BCUT2D eigenvalue weighted by atomic mass is 10.2. The summed E-state index contributed by atoms with van der Waals surface area (Å²) in [5, 5.41) is 11.6. The number of carboxylic acid groups (broad SMARTS) is 1. The second-order valence-electron chi connectivity index (χ2n) is 3.74. The third-order valence-electron chi connectivity index (χ3n) is 2.24. The lowest BCUT2D eigenvalue weighted by molar-refractivity contribution is -0.137. The molecule has 0 spiro atoms. The first kappa shape index (κ1) is 14.1. The van der Waals surface area contributed by atoms with Gasteiger partial charge in [0.25, 0.3) is 0 Å². The molecule has 5 nitrogen and oxygen atoms in total. The average molecular weight is 267 g/mol. The van der Waals surface area contributed by atoms with E-state index in [4.69, 9.17) is 11.5 Å². The molecule has 1 unspecified atom stereocenters. The highest BCUT2D eigenvalue weighted by Crippen LogP contribution is 2.15. The Kier molecular flexibility index (Phi) is 4.34. The Labute approximate surface area is 106 Å². The minimum absolute atomic E-state index is 0.0448. The van der Waals surface area contributed by atoms with Crippen LogP contribution < -0.4 is 5.32 Å². The number of rotatable bonds is 5. The summed E-state index contributed by atoms with van der Waals surface area (Å²) < 4.78 is 22.5. The number of hydrogen-bond donors (Lipinski definition) is 2. The SMILES string of the molecule is C#CCC(Nc1ccc(S(C)(=O)=O)cc1)C(=O)O. The Morgan fingerprint density at radius 3 is 2.39 bits per heavy atom. The zero-order chi connectivity index (χ0) is 13.8. The van der Waals surface area contributed by atoms with Crippen molar-refractivity contribution in [3.8, 4) is 12.3 Å². The molecule has 1 atom stereocenters. The standard InChI is InChI=1S/C12H13NO4S/c1-3-4-11(12(14)15)13-9-5-7-10(8-6-9)18(2,16)17/h1,5-8,11,13H,4H2,2H3,(H,14,15). The molecule has 6 heteroatoms. The molecule has 0 radical (unpaired) electrons. The summed E-state index contributed by atoms with van der Waals surface area (Å²) >= 11 is 0. The number of carbonyl (C=O) groups is 1. The maximum atomic E-state index is 11.2. The zero-order valence-corrected chi connectivity index (χ0v) is 10.6. The van der Waals surface area contributed by atoms with E-state index in [1.807, 2.05) is 0 Å². The van der Waals surface area contributed by atoms with Crippen LogP contribution in [0.5, 0.6) is 0 Å². The second kappa shape index (κ2) is 5.56. The van der Waals surface area contributed by atoms with Crippen LogP contribution in [0.1, 0.15) is 6.42 Å². The lowest BCUT2D eigenvalue weighted by Gasteiger charge is -2.13. The summed E-state index contributed by atoms with van der Waals surface area (Å²) in [6.07, 6.45) is 6.22. The van der Waals surface area contributed by atoms with E-state index in [-0.39, 0.29) is 11.3 Å². The van der Waals surface area contributed by atoms with Crippen LogP contribution in [0.3, 0.4) is 0 Å². The van der Waals surface area contributed by atoms with Gasteiger partial charge in [-0.15, -0.1) is 12.3 Å². The first-order chi connectivity index (χ1) is 8.34. The molecule has 18 heavy (non-hydrogen) atoms. The van der Waals surface area contributed by atoms with E-state index < -0.39 is 21.8 Å². The van der Waals surface area contributed by atoms with Crippen molar-refractivity contribution in [3.63, 3.8) is 0 Å². The number of anilines is 1. The van der Waals surface area contributed by atoms with Gasteiger partial charge in [0.1, 0.15) is 6.04 Å². The molecule has 0 heterocycles. The van der Waals surface area contributed by atoms with E-state index in [1.54, 1.807) is 0 Å². The number of terminal acetylenes is 1. The molecule has 1 aromatic carbocycles. The van der Waals surface area contributed by atoms with Gasteiger partial charge >= 0.3 is 5.97 Å². The predicted molar refractivity (Wildman–Crippen MR) is 68.0 cm³/mol. The van der Waals surface area contributed by atoms with Gasteiger partial charge in [0.15, 0.2) is 9.84 Å². The molecule has 1 rings (SSSR count). The molecule has 0 bridgehead atoms. The maximum Gasteiger partial charge on any atom is 0.327 e. The Balaban J connectivity index is 2.87. The average Bonchev–Trinajstić information content (AvgIpc) is 2.28. The van der Waals surface area contributed by atoms with Crippen LogP contribution in [0, 0.1) is 12.3 Å². The largest absolute Gasteiger partial charge is 0.480 e. The van der Waals surface area contributed by atoms with Crippen LogP contribution >= 0.6 is 0 Å². The molecule has 0 aromatic heterocycles. The van der Waals surface area contributed by atoms with Crippen molar-refractivity contribution in [2.24, 2.45) is 0 Å². The summed E-state index contributed by atoms with van der Waals surface area (Å²) in [6, 6.07) is 4.93. The molecule has 96 valence electrons. The van der Waals surface area contributed by atoms with E-state index in [1.165, 1.54) is 24.3 Å². The van der Waals surface area contributed by atoms with Crippen LogP contribution in [0.15, 0.2) is 29.2 Å². The fraction of sp³-hybridized carbons (Fsp3) is 0.250. The Morgan fingerprint density at radius 2 is 2.00 bits per heavy atom. The first-order valence-corrected chi connectivity index (χ1v) is 6.96. The monoisotopic (exact) mass is 267 g/mol. The van der Waals surface area contributed by atoms with Gasteiger partial charge < -0.3 is 10.4 Å². The molecule has 0 saturated heterocycles. The van der Waals surface area contributed by atoms with Gasteiger partial charge in [-0.1, -0.05) is 0 Å². The van der Waals surface area contributed by atoms with Crippen LogP contribution in [0.2, 0.25) is 0 Å². The third-order valence-corrected chi connectivity index (χ3v) is 3.37. The number of carboxylic acids is 1. The van der Waals surface area contributed by atoms with Crippen molar-refractivity contribution in [3.05, 3.63) is 24.3 Å². The van der Waals surface area contributed by atoms with E-state index in [9.17, 15) is 13.2 Å². The van der Waals surface area contributed by atoms with E-state index in [0.29, 0.717) is 5.69 Å². The minimum Gasteiger partial charge on any atom is -0.480 e. The zero-order valence-electron chi connectivity index (χ0n) is 9.75. The van der Waals surface area contributed by atoms with Gasteiger partial charge in [0.05, 0.1) is 4.90 Å². The lowest BCUT2D eigenvalue weighted by Crippen LogP contribution is -2.28. The molecule has 0 amide bonds. The van der Waals surface area contributed by atoms with E-state index in [2.05, 4.69) is 11.2 Å². The normalized spacial score (nSPS) is 12.4. The third kappa shape index (κ3) is 3.79. The Morgan fingerprint density at radius 1 is 1.44 bits per heavy atom. The molecular weight excluding hydrogens is 254 g/mol. The van der Waals surface area contributed by atoms with Gasteiger partial charge in [0, 0.05) is 18.4 Å². The summed E-state index contributed by atoms with van der Waals surface area (Å²) in [7, 11) is -3.25. The molecule has 0 aliphatic heterocycles. The molecule has 2 N–H and O–H groups in total. The molecule has 0 aliphatic rings. The Bertz CT molecular complexity index is 569. The van der Waals surface area contributed by atoms with Gasteiger partial charge in [-0.3, -0.25) is 0 Å². The molecular formula is C12H13NO4S. The highest BCUT2D eigenvalue weighted by molar-refractivity contribution is 7.90. The quantitative estimate of drug-likeness (QED) is 0.777. The van der Waals surface area contributed by atoms with Gasteiger partial charge in [0.2, 0.25) is 0 Å². The fourth-order valence-electron chi connectivity index (χ4n) is 1.32. The van der Waals surface area contributed by atoms with Crippen molar-refractivity contribution < 1.29 is 18.3 Å². The number of aliphatic carboxylic acids is 1. The number of benzene rings is 1. The van der Waals surface area contributed by atoms with Crippen LogP contribution in [0.4, 0.5) is 5.69 Å². The van der Waals surface area contributed by atoms with Crippen molar-refractivity contribution >= 4 is 21.5 Å². The highest BCUT2D eigenvalue weighted by Gasteiger charge is 2.15. The summed E-state index contributed by atoms with van der Waals surface area (Å²) in [5.74, 6) is 1.21. The second-order valence-corrected chi connectivity index (χ2v) is 5.76. The minimum atomic E-state index is -3.25. The topological polar surface area (TPSA) is 83.5 Å². The van der Waals surface area contributed by atoms with Crippen molar-refractivity contribution in [1.82, 2.24) is 0 Å². The highest BCUT2D eigenvalue weighted by atomic mass is 32.2. The van der Waals surface area contributed by atoms with E-state index >= 15 is 0 Å².